The molecule has 7 atom stereocenters. The van der Waals surface area contributed by atoms with E-state index >= 15 is 9.59 Å². The van der Waals surface area contributed by atoms with Gasteiger partial charge in [0.1, 0.15) is 42.0 Å². The number of ether oxygens (including phenoxy) is 2. The molecule has 1 aromatic heterocycles. The lowest BCUT2D eigenvalue weighted by Crippen LogP contribution is -2.60. The van der Waals surface area contributed by atoms with Crippen LogP contribution in [0.1, 0.15) is 106 Å². The van der Waals surface area contributed by atoms with E-state index in [1.165, 1.54) is 49.7 Å². The molecule has 0 aliphatic carbocycles. The van der Waals surface area contributed by atoms with Crippen molar-refractivity contribution >= 4 is 52.3 Å². The first-order valence-corrected chi connectivity index (χ1v) is 24.0. The van der Waals surface area contributed by atoms with Gasteiger partial charge in [0.2, 0.25) is 29.5 Å². The van der Waals surface area contributed by atoms with Crippen LogP contribution in [0, 0.1) is 23.7 Å². The average Bonchev–Trinajstić information content (AvgIpc) is 3.62. The van der Waals surface area contributed by atoms with Gasteiger partial charge in [-0.3, -0.25) is 28.8 Å². The Morgan fingerprint density at radius 1 is 0.588 bits per heavy atom. The van der Waals surface area contributed by atoms with Crippen LogP contribution in [0.25, 0.3) is 10.9 Å². The molecule has 1 saturated heterocycles. The Morgan fingerprint density at radius 2 is 1.04 bits per heavy atom. The molecule has 0 spiro atoms. The second-order valence-corrected chi connectivity index (χ2v) is 20.2. The summed E-state index contributed by atoms with van der Waals surface area (Å²) in [4.78, 5) is 105. The fourth-order valence-electron chi connectivity index (χ4n) is 8.67. The molecule has 3 aromatic rings. The number of aromatic nitrogens is 1. The molecule has 16 heteroatoms. The minimum atomic E-state index is -1.35. The van der Waals surface area contributed by atoms with Gasteiger partial charge in [0.15, 0.2) is 6.10 Å². The smallest absolute Gasteiger partial charge is 0.329 e. The molecule has 0 saturated carbocycles. The highest BCUT2D eigenvalue weighted by Gasteiger charge is 2.40. The van der Waals surface area contributed by atoms with Crippen molar-refractivity contribution in [3.8, 4) is 5.75 Å². The zero-order valence-electron chi connectivity index (χ0n) is 42.8. The molecule has 2 aromatic carbocycles. The molecule has 374 valence electrons. The van der Waals surface area contributed by atoms with Gasteiger partial charge in [-0.2, -0.15) is 0 Å². The maximum absolute atomic E-state index is 15.1. The zero-order valence-corrected chi connectivity index (χ0v) is 42.8. The number of cyclic esters (lactones) is 1. The van der Waals surface area contributed by atoms with E-state index in [1.54, 1.807) is 7.11 Å². The highest BCUT2D eigenvalue weighted by atomic mass is 16.5. The first-order chi connectivity index (χ1) is 31.9. The summed E-state index contributed by atoms with van der Waals surface area (Å²) in [5.74, 6) is -3.96. The molecule has 1 aliphatic heterocycles. The number of methoxy groups -OCH3 is 1. The molecule has 0 radical (unpaired) electrons. The third-order valence-corrected chi connectivity index (χ3v) is 12.6. The summed E-state index contributed by atoms with van der Waals surface area (Å²) in [6.45, 7) is 18.7. The molecular weight excluding hydrogens is 867 g/mol. The number of carbonyl (C=O) groups excluding carboxylic acids is 7. The number of benzene rings is 2. The molecule has 0 bridgehead atoms. The predicted molar refractivity (Wildman–Crippen MR) is 262 cm³/mol. The van der Waals surface area contributed by atoms with Crippen LogP contribution < -0.4 is 20.7 Å². The molecule has 1 fully saturated rings. The number of hydrogen-bond donors (Lipinski definition) is 3. The van der Waals surface area contributed by atoms with Gasteiger partial charge in [-0.1, -0.05) is 85.7 Å². The second kappa shape index (κ2) is 24.4. The number of carbonyl (C=O) groups is 7. The van der Waals surface area contributed by atoms with E-state index in [9.17, 15) is 24.0 Å². The minimum absolute atomic E-state index is 0.0388. The number of fused-ring (bicyclic) bond motifs is 1. The molecule has 3 N–H and O–H groups in total. The normalized spacial score (nSPS) is 23.6. The Labute approximate surface area is 403 Å². The molecule has 4 rings (SSSR count). The standard InChI is InChI=1S/C52H77N7O9/c1-30(2)23-40-49(63)56(11)34(9)52(66)68-35(10)46(60)53-41(24-31(3)4)50(64)57(12)44(26-33(7)8)47(61)55-42(25-32(5)6)51(65)58(13)45(48(62)54-40)27-37-29-59(43-18-16-15-17-39(37)43)28-36-19-21-38(67-14)22-20-36/h15-22,29-35,40-42,44-45H,23-28H2,1-14H3,(H,53,60)(H,54,62)(H,55,61)/t34-,35?,40-,41-,42-,44-,45-/m0/s1. The Balaban J connectivity index is 1.89. The van der Waals surface area contributed by atoms with Crippen LogP contribution in [0.4, 0.5) is 0 Å². The largest absolute Gasteiger partial charge is 0.497 e. The lowest BCUT2D eigenvalue weighted by atomic mass is 9.96. The number of amides is 6. The van der Waals surface area contributed by atoms with Crippen LogP contribution in [0.2, 0.25) is 0 Å². The van der Waals surface area contributed by atoms with Crippen molar-refractivity contribution in [3.63, 3.8) is 0 Å². The summed E-state index contributed by atoms with van der Waals surface area (Å²) in [6, 6.07) is 8.84. The van der Waals surface area contributed by atoms with E-state index in [4.69, 9.17) is 9.47 Å². The van der Waals surface area contributed by atoms with Crippen LogP contribution in [0.3, 0.4) is 0 Å². The third-order valence-electron chi connectivity index (χ3n) is 12.6. The van der Waals surface area contributed by atoms with E-state index in [2.05, 4.69) is 20.5 Å². The minimum Gasteiger partial charge on any atom is -0.497 e. The van der Waals surface area contributed by atoms with Crippen LogP contribution in [-0.2, 0) is 51.3 Å². The summed E-state index contributed by atoms with van der Waals surface area (Å²) < 4.78 is 13.1. The van der Waals surface area contributed by atoms with Gasteiger partial charge in [-0.15, -0.1) is 0 Å². The predicted octanol–water partition coefficient (Wildman–Crippen LogP) is 5.33. The van der Waals surface area contributed by atoms with Crippen molar-refractivity contribution in [1.29, 1.82) is 0 Å². The first kappa shape index (κ1) is 54.7. The number of para-hydroxylation sites is 1. The number of esters is 1. The van der Waals surface area contributed by atoms with Gasteiger partial charge in [-0.25, -0.2) is 4.79 Å². The molecule has 6 amide bonds. The quantitative estimate of drug-likeness (QED) is 0.191. The van der Waals surface area contributed by atoms with E-state index in [1.807, 2.05) is 110 Å². The molecule has 1 unspecified atom stereocenters. The van der Waals surface area contributed by atoms with Crippen molar-refractivity contribution < 1.29 is 43.0 Å². The third kappa shape index (κ3) is 14.3. The maximum atomic E-state index is 15.1. The van der Waals surface area contributed by atoms with Crippen molar-refractivity contribution in [2.45, 2.75) is 150 Å². The topological polar surface area (TPSA) is 189 Å². The van der Waals surface area contributed by atoms with Crippen LogP contribution in [0.5, 0.6) is 5.75 Å². The Morgan fingerprint density at radius 3 is 1.54 bits per heavy atom. The summed E-state index contributed by atoms with van der Waals surface area (Å²) >= 11 is 0. The van der Waals surface area contributed by atoms with Crippen LogP contribution in [-0.4, -0.2) is 131 Å². The summed E-state index contributed by atoms with van der Waals surface area (Å²) in [6.07, 6.45) is 1.54. The van der Waals surface area contributed by atoms with Crippen molar-refractivity contribution in [1.82, 2.24) is 35.2 Å². The summed E-state index contributed by atoms with van der Waals surface area (Å²) in [5.41, 5.74) is 2.70. The zero-order chi connectivity index (χ0) is 50.7. The van der Waals surface area contributed by atoms with Crippen LogP contribution >= 0.6 is 0 Å². The Bertz CT molecular complexity index is 2240. The SMILES string of the molecule is COc1ccc(Cn2cc(C[C@H]3C(=O)N[C@@H](CC(C)C)C(=O)N(C)[C@@H](C)C(=O)OC(C)C(=O)N[C@@H](CC(C)C)C(=O)N(C)[C@@H](CC(C)C)C(=O)N[C@@H](CC(C)C)C(=O)N3C)c3ccccc32)cc1. The molecular formula is C52H77N7O9. The Kier molecular flexibility index (Phi) is 19.6. The average molecular weight is 944 g/mol. The fourth-order valence-corrected chi connectivity index (χ4v) is 8.67. The van der Waals surface area contributed by atoms with Crippen molar-refractivity contribution in [3.05, 3.63) is 65.9 Å². The van der Waals surface area contributed by atoms with E-state index in [0.717, 1.165) is 27.8 Å². The molecule has 2 heterocycles. The van der Waals surface area contributed by atoms with Gasteiger partial charge in [0.25, 0.3) is 5.91 Å². The molecule has 68 heavy (non-hydrogen) atoms. The number of nitrogens with zero attached hydrogens (tertiary/aromatic N) is 4. The number of hydrogen-bond acceptors (Lipinski definition) is 9. The van der Waals surface area contributed by atoms with Gasteiger partial charge in [-0.05, 0) is 92.5 Å². The molecule has 1 aliphatic rings. The van der Waals surface area contributed by atoms with Gasteiger partial charge in [0, 0.05) is 51.2 Å². The van der Waals surface area contributed by atoms with Gasteiger partial charge >= 0.3 is 5.97 Å². The lowest BCUT2D eigenvalue weighted by molar-refractivity contribution is -0.162. The second-order valence-electron chi connectivity index (χ2n) is 20.2. The van der Waals surface area contributed by atoms with Crippen molar-refractivity contribution in [2.75, 3.05) is 28.3 Å². The molecule has 16 nitrogen and oxygen atoms in total. The van der Waals surface area contributed by atoms with Gasteiger partial charge in [0.05, 0.1) is 7.11 Å². The monoisotopic (exact) mass is 944 g/mol. The number of rotatable bonds is 13. The van der Waals surface area contributed by atoms with Crippen LogP contribution in [0.15, 0.2) is 54.7 Å². The maximum Gasteiger partial charge on any atom is 0.329 e. The highest BCUT2D eigenvalue weighted by molar-refractivity contribution is 5.98. The Hall–Kier alpha value is -5.93. The summed E-state index contributed by atoms with van der Waals surface area (Å²) in [7, 11) is 6.08. The van der Waals surface area contributed by atoms with E-state index in [0.29, 0.717) is 6.54 Å². The fraction of sp³-hybridized carbons (Fsp3) is 0.596. The first-order valence-electron chi connectivity index (χ1n) is 24.0. The van der Waals surface area contributed by atoms with E-state index in [-0.39, 0.29) is 55.8 Å². The summed E-state index contributed by atoms with van der Waals surface area (Å²) in [5, 5.41) is 9.58. The lowest BCUT2D eigenvalue weighted by Gasteiger charge is -2.35. The van der Waals surface area contributed by atoms with Gasteiger partial charge < -0.3 is 44.7 Å². The van der Waals surface area contributed by atoms with E-state index < -0.39 is 83.8 Å². The number of likely N-dealkylation sites (N-methyl/N-ethyl adjacent to an activating group) is 3. The number of nitrogens with one attached hydrogen (secondary N) is 3. The van der Waals surface area contributed by atoms with Crippen molar-refractivity contribution in [2.24, 2.45) is 23.7 Å². The highest BCUT2D eigenvalue weighted by Crippen LogP contribution is 2.27.